The van der Waals surface area contributed by atoms with Crippen molar-refractivity contribution in [3.05, 3.63) is 107 Å². The third-order valence-corrected chi connectivity index (χ3v) is 7.43. The van der Waals surface area contributed by atoms with E-state index < -0.39 is 35.8 Å². The Labute approximate surface area is 213 Å². The largest absolute Gasteiger partial charge is 0.462 e. The molecule has 7 nitrogen and oxygen atoms in total. The van der Waals surface area contributed by atoms with E-state index in [2.05, 4.69) is 0 Å². The van der Waals surface area contributed by atoms with Crippen LogP contribution in [0.3, 0.4) is 0 Å². The number of ketones is 1. The summed E-state index contributed by atoms with van der Waals surface area (Å²) >= 11 is 0. The Morgan fingerprint density at radius 3 is 2.22 bits per heavy atom. The number of imide groups is 1. The van der Waals surface area contributed by atoms with Gasteiger partial charge in [-0.15, -0.1) is 0 Å². The zero-order chi connectivity index (χ0) is 25.7. The number of nitrogens with zero attached hydrogens (tertiary/aromatic N) is 2. The zero-order valence-electron chi connectivity index (χ0n) is 20.1. The summed E-state index contributed by atoms with van der Waals surface area (Å²) in [6, 6.07) is 21.6. The Kier molecular flexibility index (Phi) is 5.48. The highest BCUT2D eigenvalue weighted by atomic mass is 16.5. The molecule has 0 radical (unpaired) electrons. The van der Waals surface area contributed by atoms with Gasteiger partial charge < -0.3 is 9.64 Å². The van der Waals surface area contributed by atoms with E-state index in [1.807, 2.05) is 47.5 Å². The molecule has 3 aromatic rings. The molecule has 3 aliphatic heterocycles. The van der Waals surface area contributed by atoms with Crippen LogP contribution < -0.4 is 4.90 Å². The third-order valence-electron chi connectivity index (χ3n) is 7.43. The van der Waals surface area contributed by atoms with E-state index in [0.717, 1.165) is 11.1 Å². The fourth-order valence-electron chi connectivity index (χ4n) is 5.85. The molecule has 3 aliphatic rings. The van der Waals surface area contributed by atoms with E-state index in [0.29, 0.717) is 16.8 Å². The second-order valence-corrected chi connectivity index (χ2v) is 9.34. The lowest BCUT2D eigenvalue weighted by Gasteiger charge is -2.35. The van der Waals surface area contributed by atoms with E-state index >= 15 is 0 Å². The van der Waals surface area contributed by atoms with Gasteiger partial charge in [-0.25, -0.2) is 9.69 Å². The van der Waals surface area contributed by atoms with Crippen molar-refractivity contribution in [3.63, 3.8) is 0 Å². The number of rotatable bonds is 5. The average molecular weight is 493 g/mol. The summed E-state index contributed by atoms with van der Waals surface area (Å²) in [7, 11) is 0. The van der Waals surface area contributed by atoms with Crippen molar-refractivity contribution in [1.82, 2.24) is 4.90 Å². The number of fused-ring (bicyclic) bond motifs is 5. The van der Waals surface area contributed by atoms with Crippen molar-refractivity contribution >= 4 is 35.3 Å². The number of benzene rings is 3. The van der Waals surface area contributed by atoms with E-state index in [-0.39, 0.29) is 18.3 Å². The van der Waals surface area contributed by atoms with Crippen molar-refractivity contribution in [2.24, 2.45) is 11.8 Å². The minimum Gasteiger partial charge on any atom is -0.462 e. The maximum atomic E-state index is 13.9. The lowest BCUT2D eigenvalue weighted by atomic mass is 9.83. The number of carbonyl (C=O) groups excluding carboxylic acids is 4. The van der Waals surface area contributed by atoms with Crippen LogP contribution in [0.1, 0.15) is 44.8 Å². The fraction of sp³-hybridized carbons (Fsp3) is 0.200. The van der Waals surface area contributed by atoms with Crippen LogP contribution in [-0.4, -0.2) is 41.1 Å². The Morgan fingerprint density at radius 2 is 1.49 bits per heavy atom. The molecule has 2 fully saturated rings. The van der Waals surface area contributed by atoms with Crippen LogP contribution in [0.4, 0.5) is 5.69 Å². The minimum atomic E-state index is -0.842. The van der Waals surface area contributed by atoms with Gasteiger partial charge in [0, 0.05) is 11.8 Å². The Balaban J connectivity index is 1.43. The van der Waals surface area contributed by atoms with Gasteiger partial charge in [-0.2, -0.15) is 0 Å². The molecule has 0 spiro atoms. The lowest BCUT2D eigenvalue weighted by molar-refractivity contribution is -0.123. The molecule has 184 valence electrons. The first-order valence-corrected chi connectivity index (χ1v) is 12.3. The monoisotopic (exact) mass is 492 g/mol. The summed E-state index contributed by atoms with van der Waals surface area (Å²) < 4.78 is 5.04. The number of hydrogen-bond donors (Lipinski definition) is 0. The predicted molar refractivity (Wildman–Crippen MR) is 136 cm³/mol. The summed E-state index contributed by atoms with van der Waals surface area (Å²) in [5.74, 6) is -2.98. The first-order valence-electron chi connectivity index (χ1n) is 12.3. The standard InChI is InChI=1S/C30H24N2O5/c1-2-37-30(36)20-12-14-21(15-13-20)32-28(34)23-24(29(32)35)26(27(33)19-9-4-3-5-10-19)31-17-16-18-8-6-7-11-22(18)25(23)31/h3-17,23-26H,2H2,1H3/t23-,24-,25-,26+/m1/s1. The molecule has 2 amide bonds. The van der Waals surface area contributed by atoms with Gasteiger partial charge in [0.15, 0.2) is 5.78 Å². The lowest BCUT2D eigenvalue weighted by Crippen LogP contribution is -2.44. The number of ether oxygens (including phenoxy) is 1. The number of amides is 2. The summed E-state index contributed by atoms with van der Waals surface area (Å²) in [5.41, 5.74) is 3.09. The molecule has 6 rings (SSSR count). The molecule has 37 heavy (non-hydrogen) atoms. The molecule has 3 heterocycles. The number of carbonyl (C=O) groups is 4. The number of anilines is 1. The summed E-state index contributed by atoms with van der Waals surface area (Å²) in [6.45, 7) is 1.97. The highest BCUT2D eigenvalue weighted by Gasteiger charge is 2.64. The van der Waals surface area contributed by atoms with Crippen molar-refractivity contribution in [2.75, 3.05) is 11.5 Å². The number of hydrogen-bond acceptors (Lipinski definition) is 6. The first kappa shape index (κ1) is 22.9. The highest BCUT2D eigenvalue weighted by molar-refractivity contribution is 6.24. The van der Waals surface area contributed by atoms with Crippen LogP contribution in [0, 0.1) is 11.8 Å². The highest BCUT2D eigenvalue weighted by Crippen LogP contribution is 2.53. The smallest absolute Gasteiger partial charge is 0.338 e. The van der Waals surface area contributed by atoms with Gasteiger partial charge in [-0.05, 0) is 48.4 Å². The SMILES string of the molecule is CCOC(=O)c1ccc(N2C(=O)[C@@H]3[C@@H](C2=O)[C@H]2c4ccccc4C=CN2[C@@H]3C(=O)c2ccccc2)cc1. The number of esters is 1. The Bertz CT molecular complexity index is 1450. The second kappa shape index (κ2) is 8.85. The van der Waals surface area contributed by atoms with Crippen LogP contribution >= 0.6 is 0 Å². The molecule has 0 unspecified atom stereocenters. The maximum absolute atomic E-state index is 13.9. The molecular formula is C30H24N2O5. The predicted octanol–water partition coefficient (Wildman–Crippen LogP) is 4.26. The van der Waals surface area contributed by atoms with Gasteiger partial charge in [-0.3, -0.25) is 14.4 Å². The molecule has 7 heteroatoms. The summed E-state index contributed by atoms with van der Waals surface area (Å²) in [5, 5.41) is 0. The normalized spacial score (nSPS) is 23.5. The van der Waals surface area contributed by atoms with Crippen molar-refractivity contribution in [1.29, 1.82) is 0 Å². The molecule has 0 saturated carbocycles. The molecular weight excluding hydrogens is 468 g/mol. The summed E-state index contributed by atoms with van der Waals surface area (Å²) in [4.78, 5) is 56.8. The van der Waals surface area contributed by atoms with Crippen LogP contribution in [0.5, 0.6) is 0 Å². The van der Waals surface area contributed by atoms with Gasteiger partial charge in [-0.1, -0.05) is 54.6 Å². The van der Waals surface area contributed by atoms with Crippen molar-refractivity contribution in [3.8, 4) is 0 Å². The van der Waals surface area contributed by atoms with Gasteiger partial charge in [0.2, 0.25) is 11.8 Å². The third kappa shape index (κ3) is 3.49. The molecule has 2 saturated heterocycles. The minimum absolute atomic E-state index is 0.192. The van der Waals surface area contributed by atoms with Gasteiger partial charge >= 0.3 is 5.97 Å². The van der Waals surface area contributed by atoms with E-state index in [4.69, 9.17) is 4.74 Å². The van der Waals surface area contributed by atoms with Gasteiger partial charge in [0.1, 0.15) is 6.04 Å². The Hall–Kier alpha value is -4.52. The molecule has 0 bridgehead atoms. The van der Waals surface area contributed by atoms with E-state index in [9.17, 15) is 19.2 Å². The zero-order valence-corrected chi connectivity index (χ0v) is 20.1. The quantitative estimate of drug-likeness (QED) is 0.301. The molecule has 0 aromatic heterocycles. The van der Waals surface area contributed by atoms with Crippen LogP contribution in [-0.2, 0) is 14.3 Å². The van der Waals surface area contributed by atoms with E-state index in [1.165, 1.54) is 4.90 Å². The molecule has 0 aliphatic carbocycles. The average Bonchev–Trinajstić information content (AvgIpc) is 3.41. The van der Waals surface area contributed by atoms with Gasteiger partial charge in [0.05, 0.1) is 35.7 Å². The van der Waals surface area contributed by atoms with Crippen LogP contribution in [0.2, 0.25) is 0 Å². The Morgan fingerprint density at radius 1 is 0.811 bits per heavy atom. The van der Waals surface area contributed by atoms with E-state index in [1.54, 1.807) is 55.5 Å². The molecule has 4 atom stereocenters. The fourth-order valence-corrected chi connectivity index (χ4v) is 5.85. The van der Waals surface area contributed by atoms with Crippen molar-refractivity contribution < 1.29 is 23.9 Å². The topological polar surface area (TPSA) is 84.0 Å². The van der Waals surface area contributed by atoms with Gasteiger partial charge in [0.25, 0.3) is 0 Å². The summed E-state index contributed by atoms with van der Waals surface area (Å²) in [6.07, 6.45) is 3.77. The van der Waals surface area contributed by atoms with Crippen molar-refractivity contribution in [2.45, 2.75) is 19.0 Å². The number of Topliss-reactive ketones (excluding diaryl/α,β-unsaturated/α-hetero) is 1. The van der Waals surface area contributed by atoms with Crippen LogP contribution in [0.15, 0.2) is 85.1 Å². The second-order valence-electron chi connectivity index (χ2n) is 9.34. The van der Waals surface area contributed by atoms with Crippen LogP contribution in [0.25, 0.3) is 6.08 Å². The molecule has 3 aromatic carbocycles. The molecule has 0 N–H and O–H groups in total. The first-order chi connectivity index (χ1) is 18.0. The maximum Gasteiger partial charge on any atom is 0.338 e.